The van der Waals surface area contributed by atoms with Gasteiger partial charge in [-0.3, -0.25) is 9.78 Å². The second kappa shape index (κ2) is 4.28. The van der Waals surface area contributed by atoms with Crippen LogP contribution in [-0.2, 0) is 6.42 Å². The van der Waals surface area contributed by atoms with Gasteiger partial charge in [0.2, 0.25) is 0 Å². The lowest BCUT2D eigenvalue weighted by Gasteiger charge is -2.09. The molecule has 3 aromatic heterocycles. The summed E-state index contributed by atoms with van der Waals surface area (Å²) in [6.45, 7) is 1.93. The second-order valence-electron chi connectivity index (χ2n) is 4.36. The summed E-state index contributed by atoms with van der Waals surface area (Å²) in [6.07, 6.45) is 4.13. The molecule has 5 nitrogen and oxygen atoms in total. The number of nitrogens with zero attached hydrogens (tertiary/aromatic N) is 1. The van der Waals surface area contributed by atoms with Crippen LogP contribution in [0.4, 0.5) is 0 Å². The normalized spacial score (nSPS) is 11.0. The molecule has 0 spiro atoms. The lowest BCUT2D eigenvalue weighted by molar-refractivity contribution is 0.467. The molecule has 0 fully saturated rings. The van der Waals surface area contributed by atoms with E-state index >= 15 is 0 Å². The predicted octanol–water partition coefficient (Wildman–Crippen LogP) is 2.19. The van der Waals surface area contributed by atoms with Crippen LogP contribution in [-0.4, -0.2) is 20.1 Å². The van der Waals surface area contributed by atoms with Gasteiger partial charge < -0.3 is 15.1 Å². The van der Waals surface area contributed by atoms with Crippen LogP contribution in [0.3, 0.4) is 0 Å². The highest BCUT2D eigenvalue weighted by molar-refractivity contribution is 5.80. The van der Waals surface area contributed by atoms with Crippen molar-refractivity contribution >= 4 is 11.0 Å². The van der Waals surface area contributed by atoms with E-state index in [1.54, 1.807) is 6.20 Å². The molecule has 3 rings (SSSR count). The lowest BCUT2D eigenvalue weighted by atomic mass is 10.0. The van der Waals surface area contributed by atoms with Gasteiger partial charge in [0.05, 0.1) is 16.7 Å². The molecule has 0 unspecified atom stereocenters. The van der Waals surface area contributed by atoms with E-state index in [1.165, 1.54) is 6.07 Å². The molecule has 0 aliphatic carbocycles. The van der Waals surface area contributed by atoms with Gasteiger partial charge in [0.25, 0.3) is 5.56 Å². The number of hydrogen-bond donors (Lipinski definition) is 3. The summed E-state index contributed by atoms with van der Waals surface area (Å²) in [7, 11) is 0. The molecular formula is C14H13N3O2. The first-order valence-electron chi connectivity index (χ1n) is 6.07. The number of H-pyrrole nitrogens is 2. The van der Waals surface area contributed by atoms with Crippen molar-refractivity contribution in [2.45, 2.75) is 13.3 Å². The molecular weight excluding hydrogens is 242 g/mol. The van der Waals surface area contributed by atoms with Gasteiger partial charge in [-0.1, -0.05) is 6.92 Å². The van der Waals surface area contributed by atoms with Crippen LogP contribution < -0.4 is 5.56 Å². The van der Waals surface area contributed by atoms with E-state index in [2.05, 4.69) is 15.0 Å². The minimum absolute atomic E-state index is 0.0211. The van der Waals surface area contributed by atoms with E-state index in [-0.39, 0.29) is 11.3 Å². The first-order valence-corrected chi connectivity index (χ1v) is 6.07. The number of pyridine rings is 2. The maximum Gasteiger partial charge on any atom is 0.252 e. The minimum atomic E-state index is -0.323. The van der Waals surface area contributed by atoms with E-state index < -0.39 is 0 Å². The Balaban J connectivity index is 2.27. The van der Waals surface area contributed by atoms with Crippen molar-refractivity contribution in [3.05, 3.63) is 46.5 Å². The summed E-state index contributed by atoms with van der Waals surface area (Å²) in [5.41, 5.74) is 3.55. The molecule has 96 valence electrons. The van der Waals surface area contributed by atoms with Crippen LogP contribution in [0.2, 0.25) is 0 Å². The monoisotopic (exact) mass is 255 g/mol. The Hall–Kier alpha value is -2.56. The minimum Gasteiger partial charge on any atom is -0.507 e. The molecule has 3 aromatic rings. The largest absolute Gasteiger partial charge is 0.507 e. The SMILES string of the molecule is CCc1c(O)cc(=O)[nH]c1-c1cnc2cc[nH]c2c1. The average molecular weight is 255 g/mol. The highest BCUT2D eigenvalue weighted by Crippen LogP contribution is 2.27. The van der Waals surface area contributed by atoms with Gasteiger partial charge in [-0.05, 0) is 18.6 Å². The number of nitrogens with one attached hydrogen (secondary N) is 2. The Labute approximate surface area is 109 Å². The Morgan fingerprint density at radius 1 is 1.37 bits per heavy atom. The average Bonchev–Trinajstić information content (AvgIpc) is 2.85. The number of aromatic amines is 2. The third-order valence-corrected chi connectivity index (χ3v) is 3.17. The van der Waals surface area contributed by atoms with Gasteiger partial charge in [-0.25, -0.2) is 0 Å². The molecule has 0 aromatic carbocycles. The number of hydrogen-bond acceptors (Lipinski definition) is 3. The number of fused-ring (bicyclic) bond motifs is 1. The lowest BCUT2D eigenvalue weighted by Crippen LogP contribution is -2.08. The van der Waals surface area contributed by atoms with Crippen LogP contribution in [0.15, 0.2) is 35.4 Å². The Bertz CT molecular complexity index is 802. The van der Waals surface area contributed by atoms with Crippen molar-refractivity contribution in [3.8, 4) is 17.0 Å². The smallest absolute Gasteiger partial charge is 0.252 e. The molecule has 0 aliphatic heterocycles. The summed E-state index contributed by atoms with van der Waals surface area (Å²) in [6, 6.07) is 4.99. The zero-order chi connectivity index (χ0) is 13.4. The van der Waals surface area contributed by atoms with Crippen molar-refractivity contribution in [2.75, 3.05) is 0 Å². The molecule has 3 heterocycles. The molecule has 0 atom stereocenters. The van der Waals surface area contributed by atoms with Gasteiger partial charge in [-0.2, -0.15) is 0 Å². The summed E-state index contributed by atoms with van der Waals surface area (Å²) < 4.78 is 0. The molecule has 0 saturated heterocycles. The third kappa shape index (κ3) is 1.89. The van der Waals surface area contributed by atoms with Crippen molar-refractivity contribution in [2.24, 2.45) is 0 Å². The highest BCUT2D eigenvalue weighted by Gasteiger charge is 2.11. The molecule has 0 amide bonds. The molecule has 0 aliphatic rings. The number of rotatable bonds is 2. The first-order chi connectivity index (χ1) is 9.19. The van der Waals surface area contributed by atoms with Crippen LogP contribution >= 0.6 is 0 Å². The quantitative estimate of drug-likeness (QED) is 0.656. The van der Waals surface area contributed by atoms with Gasteiger partial charge in [0.1, 0.15) is 5.75 Å². The zero-order valence-electron chi connectivity index (χ0n) is 10.4. The molecule has 5 heteroatoms. The maximum atomic E-state index is 11.5. The van der Waals surface area contributed by atoms with Crippen molar-refractivity contribution < 1.29 is 5.11 Å². The van der Waals surface area contributed by atoms with E-state index in [9.17, 15) is 9.90 Å². The topological polar surface area (TPSA) is 81.8 Å². The van der Waals surface area contributed by atoms with Crippen molar-refractivity contribution in [1.29, 1.82) is 0 Å². The standard InChI is InChI=1S/C14H13N3O2/c1-2-9-12(18)6-13(19)17-14(9)8-5-11-10(16-7-8)3-4-15-11/h3-7,15H,2H2,1H3,(H2,17,18,19). The zero-order valence-corrected chi connectivity index (χ0v) is 10.4. The van der Waals surface area contributed by atoms with Gasteiger partial charge >= 0.3 is 0 Å². The fourth-order valence-corrected chi connectivity index (χ4v) is 2.25. The van der Waals surface area contributed by atoms with E-state index in [0.29, 0.717) is 17.7 Å². The van der Waals surface area contributed by atoms with E-state index in [4.69, 9.17) is 0 Å². The predicted molar refractivity (Wildman–Crippen MR) is 73.2 cm³/mol. The van der Waals surface area contributed by atoms with Crippen LogP contribution in [0.25, 0.3) is 22.3 Å². The highest BCUT2D eigenvalue weighted by atomic mass is 16.3. The third-order valence-electron chi connectivity index (χ3n) is 3.17. The number of aromatic hydroxyl groups is 1. The maximum absolute atomic E-state index is 11.5. The summed E-state index contributed by atoms with van der Waals surface area (Å²) in [5.74, 6) is 0.0211. The Kier molecular flexibility index (Phi) is 2.59. The summed E-state index contributed by atoms with van der Waals surface area (Å²) in [5, 5.41) is 9.86. The summed E-state index contributed by atoms with van der Waals surface area (Å²) >= 11 is 0. The fourth-order valence-electron chi connectivity index (χ4n) is 2.25. The summed E-state index contributed by atoms with van der Waals surface area (Å²) in [4.78, 5) is 21.7. The molecule has 3 N–H and O–H groups in total. The van der Waals surface area contributed by atoms with Crippen molar-refractivity contribution in [1.82, 2.24) is 15.0 Å². The van der Waals surface area contributed by atoms with Crippen LogP contribution in [0, 0.1) is 0 Å². The van der Waals surface area contributed by atoms with Gasteiger partial charge in [0, 0.05) is 29.6 Å². The van der Waals surface area contributed by atoms with Crippen LogP contribution in [0.1, 0.15) is 12.5 Å². The fraction of sp³-hybridized carbons (Fsp3) is 0.143. The van der Waals surface area contributed by atoms with E-state index in [1.807, 2.05) is 25.3 Å². The first kappa shape index (κ1) is 11.5. The van der Waals surface area contributed by atoms with Crippen LogP contribution in [0.5, 0.6) is 5.75 Å². The molecule has 0 bridgehead atoms. The van der Waals surface area contributed by atoms with Gasteiger partial charge in [-0.15, -0.1) is 0 Å². The molecule has 0 saturated carbocycles. The van der Waals surface area contributed by atoms with Crippen molar-refractivity contribution in [3.63, 3.8) is 0 Å². The Morgan fingerprint density at radius 3 is 3.00 bits per heavy atom. The molecule has 0 radical (unpaired) electrons. The van der Waals surface area contributed by atoms with E-state index in [0.717, 1.165) is 16.6 Å². The molecule has 19 heavy (non-hydrogen) atoms. The second-order valence-corrected chi connectivity index (χ2v) is 4.36. The number of aromatic nitrogens is 3. The van der Waals surface area contributed by atoms with Gasteiger partial charge in [0.15, 0.2) is 0 Å². The Morgan fingerprint density at radius 2 is 2.21 bits per heavy atom.